The summed E-state index contributed by atoms with van der Waals surface area (Å²) in [6, 6.07) is 18.2. The van der Waals surface area contributed by atoms with Crippen molar-refractivity contribution in [2.75, 3.05) is 6.54 Å². The second-order valence-corrected chi connectivity index (χ2v) is 5.64. The van der Waals surface area contributed by atoms with Crippen LogP contribution in [-0.2, 0) is 9.59 Å². The molecule has 1 amide bonds. The standard InChI is InChI=1S/C19H21NO4/c21-17(15-9-5-2-6-10-15)13-20-18(22)11-16(12-19(23)24)14-7-3-1-4-8-14/h1-10,16-17,21H,11-13H2,(H,20,22)(H,23,24)/t16-,17-/m0/s1. The van der Waals surface area contributed by atoms with Gasteiger partial charge in [0.2, 0.25) is 5.91 Å². The number of carboxylic acids is 1. The molecule has 0 heterocycles. The van der Waals surface area contributed by atoms with Crippen molar-refractivity contribution in [3.63, 3.8) is 0 Å². The number of hydrogen-bond donors (Lipinski definition) is 3. The lowest BCUT2D eigenvalue weighted by Gasteiger charge is -2.17. The zero-order valence-electron chi connectivity index (χ0n) is 13.3. The first-order valence-electron chi connectivity index (χ1n) is 7.82. The van der Waals surface area contributed by atoms with Gasteiger partial charge in [-0.1, -0.05) is 60.7 Å². The Morgan fingerprint density at radius 1 is 0.875 bits per heavy atom. The van der Waals surface area contributed by atoms with Crippen LogP contribution in [0.4, 0.5) is 0 Å². The van der Waals surface area contributed by atoms with Gasteiger partial charge in [-0.05, 0) is 11.1 Å². The summed E-state index contributed by atoms with van der Waals surface area (Å²) >= 11 is 0. The highest BCUT2D eigenvalue weighted by atomic mass is 16.4. The number of carboxylic acid groups (broad SMARTS) is 1. The van der Waals surface area contributed by atoms with Gasteiger partial charge in [0, 0.05) is 18.9 Å². The third-order valence-corrected chi connectivity index (χ3v) is 3.80. The molecule has 2 aromatic rings. The molecule has 0 aromatic heterocycles. The van der Waals surface area contributed by atoms with Gasteiger partial charge < -0.3 is 15.5 Å². The minimum Gasteiger partial charge on any atom is -0.481 e. The van der Waals surface area contributed by atoms with Gasteiger partial charge in [0.05, 0.1) is 12.5 Å². The van der Waals surface area contributed by atoms with Crippen molar-refractivity contribution in [3.8, 4) is 0 Å². The number of carbonyl (C=O) groups is 2. The summed E-state index contributed by atoms with van der Waals surface area (Å²) in [7, 11) is 0. The quantitative estimate of drug-likeness (QED) is 0.695. The predicted octanol–water partition coefficient (Wildman–Crippen LogP) is 2.48. The maximum Gasteiger partial charge on any atom is 0.303 e. The first kappa shape index (κ1) is 17.7. The van der Waals surface area contributed by atoms with Gasteiger partial charge in [0.1, 0.15) is 0 Å². The molecular formula is C19H21NO4. The molecule has 0 unspecified atom stereocenters. The van der Waals surface area contributed by atoms with Crippen molar-refractivity contribution >= 4 is 11.9 Å². The monoisotopic (exact) mass is 327 g/mol. The van der Waals surface area contributed by atoms with E-state index < -0.39 is 18.0 Å². The van der Waals surface area contributed by atoms with Gasteiger partial charge in [0.15, 0.2) is 0 Å². The molecular weight excluding hydrogens is 306 g/mol. The number of carbonyl (C=O) groups excluding carboxylic acids is 1. The molecule has 2 atom stereocenters. The molecule has 0 bridgehead atoms. The molecule has 126 valence electrons. The summed E-state index contributed by atoms with van der Waals surface area (Å²) in [5, 5.41) is 21.8. The van der Waals surface area contributed by atoms with Crippen LogP contribution in [0.5, 0.6) is 0 Å². The molecule has 0 aliphatic heterocycles. The molecule has 24 heavy (non-hydrogen) atoms. The van der Waals surface area contributed by atoms with Crippen LogP contribution in [0.3, 0.4) is 0 Å². The highest BCUT2D eigenvalue weighted by molar-refractivity contribution is 5.78. The number of aliphatic carboxylic acids is 1. The largest absolute Gasteiger partial charge is 0.481 e. The molecule has 2 aromatic carbocycles. The Bertz CT molecular complexity index is 658. The van der Waals surface area contributed by atoms with Gasteiger partial charge in [-0.25, -0.2) is 0 Å². The summed E-state index contributed by atoms with van der Waals surface area (Å²) in [6.07, 6.45) is -0.832. The molecule has 3 N–H and O–H groups in total. The van der Waals surface area contributed by atoms with Crippen molar-refractivity contribution in [2.45, 2.75) is 24.9 Å². The first-order valence-corrected chi connectivity index (χ1v) is 7.82. The van der Waals surface area contributed by atoms with Crippen molar-refractivity contribution in [1.82, 2.24) is 5.32 Å². The van der Waals surface area contributed by atoms with Crippen molar-refractivity contribution < 1.29 is 19.8 Å². The van der Waals surface area contributed by atoms with E-state index in [1.165, 1.54) is 0 Å². The minimum atomic E-state index is -0.944. The molecule has 5 nitrogen and oxygen atoms in total. The second kappa shape index (κ2) is 8.84. The minimum absolute atomic E-state index is 0.0673. The highest BCUT2D eigenvalue weighted by Crippen LogP contribution is 2.23. The number of amides is 1. The smallest absolute Gasteiger partial charge is 0.303 e. The number of nitrogens with one attached hydrogen (secondary N) is 1. The van der Waals surface area contributed by atoms with E-state index in [-0.39, 0.29) is 25.3 Å². The predicted molar refractivity (Wildman–Crippen MR) is 90.5 cm³/mol. The molecule has 5 heteroatoms. The van der Waals surface area contributed by atoms with Crippen LogP contribution in [0.15, 0.2) is 60.7 Å². The van der Waals surface area contributed by atoms with Crippen molar-refractivity contribution in [3.05, 3.63) is 71.8 Å². The fourth-order valence-electron chi connectivity index (χ4n) is 2.54. The van der Waals surface area contributed by atoms with E-state index in [2.05, 4.69) is 5.32 Å². The van der Waals surface area contributed by atoms with E-state index >= 15 is 0 Å². The Labute approximate surface area is 141 Å². The van der Waals surface area contributed by atoms with Gasteiger partial charge in [0.25, 0.3) is 0 Å². The number of aliphatic hydroxyl groups is 1. The molecule has 0 saturated carbocycles. The van der Waals surface area contributed by atoms with Crippen LogP contribution >= 0.6 is 0 Å². The molecule has 0 spiro atoms. The van der Waals surface area contributed by atoms with Gasteiger partial charge in [-0.2, -0.15) is 0 Å². The summed E-state index contributed by atoms with van der Waals surface area (Å²) < 4.78 is 0. The van der Waals surface area contributed by atoms with Crippen LogP contribution in [0, 0.1) is 0 Å². The highest BCUT2D eigenvalue weighted by Gasteiger charge is 2.19. The van der Waals surface area contributed by atoms with Gasteiger partial charge in [-0.15, -0.1) is 0 Å². The summed E-state index contributed by atoms with van der Waals surface area (Å²) in [6.45, 7) is 0.0947. The van der Waals surface area contributed by atoms with Crippen LogP contribution < -0.4 is 5.32 Å². The molecule has 0 fully saturated rings. The lowest BCUT2D eigenvalue weighted by atomic mass is 9.92. The third-order valence-electron chi connectivity index (χ3n) is 3.80. The zero-order chi connectivity index (χ0) is 17.4. The SMILES string of the molecule is O=C(O)C[C@H](CC(=O)NC[C@H](O)c1ccccc1)c1ccccc1. The van der Waals surface area contributed by atoms with Gasteiger partial charge >= 0.3 is 5.97 Å². The van der Waals surface area contributed by atoms with Crippen molar-refractivity contribution in [1.29, 1.82) is 0 Å². The van der Waals surface area contributed by atoms with Crippen LogP contribution in [-0.4, -0.2) is 28.6 Å². The molecule has 0 aliphatic carbocycles. The van der Waals surface area contributed by atoms with Crippen LogP contribution in [0.25, 0.3) is 0 Å². The Morgan fingerprint density at radius 2 is 1.42 bits per heavy atom. The Hall–Kier alpha value is -2.66. The Kier molecular flexibility index (Phi) is 6.51. The lowest BCUT2D eigenvalue weighted by Crippen LogP contribution is -2.29. The fraction of sp³-hybridized carbons (Fsp3) is 0.263. The average Bonchev–Trinajstić information content (AvgIpc) is 2.60. The van der Waals surface area contributed by atoms with E-state index in [1.807, 2.05) is 48.5 Å². The summed E-state index contributed by atoms with van der Waals surface area (Å²) in [5.74, 6) is -1.61. The average molecular weight is 327 g/mol. The zero-order valence-corrected chi connectivity index (χ0v) is 13.3. The van der Waals surface area contributed by atoms with E-state index in [4.69, 9.17) is 5.11 Å². The van der Waals surface area contributed by atoms with E-state index in [1.54, 1.807) is 12.1 Å². The second-order valence-electron chi connectivity index (χ2n) is 5.64. The number of aliphatic hydroxyl groups excluding tert-OH is 1. The summed E-state index contributed by atoms with van der Waals surface area (Å²) in [4.78, 5) is 23.2. The summed E-state index contributed by atoms with van der Waals surface area (Å²) in [5.41, 5.74) is 1.54. The number of hydrogen-bond acceptors (Lipinski definition) is 3. The number of rotatable bonds is 8. The van der Waals surface area contributed by atoms with Gasteiger partial charge in [-0.3, -0.25) is 9.59 Å². The fourth-order valence-corrected chi connectivity index (χ4v) is 2.54. The maximum absolute atomic E-state index is 12.1. The van der Waals surface area contributed by atoms with E-state index in [0.29, 0.717) is 0 Å². The van der Waals surface area contributed by atoms with E-state index in [9.17, 15) is 14.7 Å². The molecule has 2 rings (SSSR count). The normalized spacial score (nSPS) is 13.0. The van der Waals surface area contributed by atoms with E-state index in [0.717, 1.165) is 11.1 Å². The maximum atomic E-state index is 12.1. The Morgan fingerprint density at radius 3 is 1.96 bits per heavy atom. The lowest BCUT2D eigenvalue weighted by molar-refractivity contribution is -0.137. The molecule has 0 aliphatic rings. The topological polar surface area (TPSA) is 86.6 Å². The Balaban J connectivity index is 1.92. The van der Waals surface area contributed by atoms with Crippen LogP contribution in [0.1, 0.15) is 36.0 Å². The molecule has 0 saturated heterocycles. The van der Waals surface area contributed by atoms with Crippen molar-refractivity contribution in [2.24, 2.45) is 0 Å². The number of benzene rings is 2. The third kappa shape index (κ3) is 5.52. The molecule has 0 radical (unpaired) electrons. The van der Waals surface area contributed by atoms with Crippen LogP contribution in [0.2, 0.25) is 0 Å². The first-order chi connectivity index (χ1) is 11.6.